The van der Waals surface area contributed by atoms with Crippen molar-refractivity contribution in [3.8, 4) is 0 Å². The lowest BCUT2D eigenvalue weighted by Crippen LogP contribution is -2.48. The van der Waals surface area contributed by atoms with Crippen LogP contribution in [0.15, 0.2) is 0 Å². The van der Waals surface area contributed by atoms with Gasteiger partial charge in [-0.05, 0) is 19.3 Å². The molecule has 0 aliphatic carbocycles. The van der Waals surface area contributed by atoms with Crippen molar-refractivity contribution in [1.29, 1.82) is 0 Å². The predicted molar refractivity (Wildman–Crippen MR) is 78.2 cm³/mol. The molecule has 0 aromatic rings. The number of nitrogens with one attached hydrogen (secondary N) is 1. The molecule has 0 fully saturated rings. The van der Waals surface area contributed by atoms with Gasteiger partial charge in [0.1, 0.15) is 6.04 Å². The van der Waals surface area contributed by atoms with Crippen molar-refractivity contribution in [1.82, 2.24) is 10.2 Å². The van der Waals surface area contributed by atoms with Crippen LogP contribution in [0, 0.1) is 0 Å². The number of aliphatic carboxylic acids is 2. The second-order valence-electron chi connectivity index (χ2n) is 4.97. The van der Waals surface area contributed by atoms with Crippen molar-refractivity contribution < 1.29 is 24.6 Å². The SMILES string of the molecule is CCCCN(CCCC)C(=O)N[C@@H](CCC(=O)O)C(=O)O. The average molecular weight is 302 g/mol. The number of carbonyl (C=O) groups excluding carboxylic acids is 1. The third-order valence-electron chi connectivity index (χ3n) is 3.09. The van der Waals surface area contributed by atoms with Crippen LogP contribution in [-0.4, -0.2) is 52.2 Å². The van der Waals surface area contributed by atoms with E-state index in [2.05, 4.69) is 5.32 Å². The number of carboxylic acid groups (broad SMARTS) is 2. The number of carboxylic acids is 2. The number of nitrogens with zero attached hydrogens (tertiary/aromatic N) is 1. The first kappa shape index (κ1) is 19.2. The van der Waals surface area contributed by atoms with E-state index in [1.54, 1.807) is 4.90 Å². The molecule has 0 saturated heterocycles. The standard InChI is InChI=1S/C14H26N2O5/c1-3-5-9-16(10-6-4-2)14(21)15-11(13(19)20)7-8-12(17)18/h11H,3-10H2,1-2H3,(H,15,21)(H,17,18)(H,19,20)/t11-/m0/s1. The summed E-state index contributed by atoms with van der Waals surface area (Å²) in [5, 5.41) is 20.1. The van der Waals surface area contributed by atoms with Gasteiger partial charge in [0.2, 0.25) is 0 Å². The third kappa shape index (κ3) is 8.88. The number of rotatable bonds is 11. The van der Waals surface area contributed by atoms with Gasteiger partial charge in [-0.3, -0.25) is 4.79 Å². The zero-order valence-electron chi connectivity index (χ0n) is 12.8. The molecular formula is C14H26N2O5. The van der Waals surface area contributed by atoms with Gasteiger partial charge in [0, 0.05) is 19.5 Å². The maximum Gasteiger partial charge on any atom is 0.326 e. The quantitative estimate of drug-likeness (QED) is 0.540. The van der Waals surface area contributed by atoms with Gasteiger partial charge >= 0.3 is 18.0 Å². The van der Waals surface area contributed by atoms with Crippen molar-refractivity contribution in [2.45, 2.75) is 58.4 Å². The molecule has 2 amide bonds. The summed E-state index contributed by atoms with van der Waals surface area (Å²) in [5.74, 6) is -2.29. The molecule has 0 aromatic heterocycles. The Hall–Kier alpha value is -1.79. The van der Waals surface area contributed by atoms with Gasteiger partial charge in [-0.15, -0.1) is 0 Å². The highest BCUT2D eigenvalue weighted by molar-refractivity contribution is 5.83. The largest absolute Gasteiger partial charge is 0.481 e. The van der Waals surface area contributed by atoms with Crippen molar-refractivity contribution in [2.24, 2.45) is 0 Å². The van der Waals surface area contributed by atoms with Crippen LogP contribution in [0.25, 0.3) is 0 Å². The average Bonchev–Trinajstić information content (AvgIpc) is 2.42. The highest BCUT2D eigenvalue weighted by atomic mass is 16.4. The van der Waals surface area contributed by atoms with Crippen molar-refractivity contribution in [3.63, 3.8) is 0 Å². The van der Waals surface area contributed by atoms with E-state index in [-0.39, 0.29) is 12.8 Å². The third-order valence-corrected chi connectivity index (χ3v) is 3.09. The van der Waals surface area contributed by atoms with E-state index in [0.29, 0.717) is 13.1 Å². The lowest BCUT2D eigenvalue weighted by Gasteiger charge is -2.25. The molecule has 0 rings (SSSR count). The monoisotopic (exact) mass is 302 g/mol. The minimum atomic E-state index is -1.21. The van der Waals surface area contributed by atoms with Crippen LogP contribution in [0.2, 0.25) is 0 Å². The summed E-state index contributed by atoms with van der Waals surface area (Å²) in [7, 11) is 0. The van der Waals surface area contributed by atoms with E-state index in [4.69, 9.17) is 10.2 Å². The van der Waals surface area contributed by atoms with Crippen LogP contribution in [0.1, 0.15) is 52.4 Å². The van der Waals surface area contributed by atoms with Gasteiger partial charge in [0.25, 0.3) is 0 Å². The lowest BCUT2D eigenvalue weighted by molar-refractivity contribution is -0.140. The van der Waals surface area contributed by atoms with Gasteiger partial charge in [-0.1, -0.05) is 26.7 Å². The van der Waals surface area contributed by atoms with Crippen LogP contribution in [0.4, 0.5) is 4.79 Å². The number of hydrogen-bond acceptors (Lipinski definition) is 3. The molecular weight excluding hydrogens is 276 g/mol. The van der Waals surface area contributed by atoms with Crippen LogP contribution >= 0.6 is 0 Å². The normalized spacial score (nSPS) is 11.7. The van der Waals surface area contributed by atoms with Gasteiger partial charge in [0.15, 0.2) is 0 Å². The smallest absolute Gasteiger partial charge is 0.326 e. The fourth-order valence-corrected chi connectivity index (χ4v) is 1.78. The summed E-state index contributed by atoms with van der Waals surface area (Å²) < 4.78 is 0. The maximum absolute atomic E-state index is 12.1. The minimum absolute atomic E-state index is 0.119. The van der Waals surface area contributed by atoms with Crippen molar-refractivity contribution in [2.75, 3.05) is 13.1 Å². The van der Waals surface area contributed by atoms with Crippen LogP contribution < -0.4 is 5.32 Å². The summed E-state index contributed by atoms with van der Waals surface area (Å²) in [6.45, 7) is 5.19. The Morgan fingerprint density at radius 1 is 1.05 bits per heavy atom. The van der Waals surface area contributed by atoms with E-state index in [1.165, 1.54) is 0 Å². The fourth-order valence-electron chi connectivity index (χ4n) is 1.78. The first-order valence-corrected chi connectivity index (χ1v) is 7.42. The molecule has 7 heteroatoms. The molecule has 3 N–H and O–H groups in total. The molecule has 0 unspecified atom stereocenters. The predicted octanol–water partition coefficient (Wildman–Crippen LogP) is 1.92. The van der Waals surface area contributed by atoms with E-state index in [1.807, 2.05) is 13.8 Å². The Morgan fingerprint density at radius 3 is 1.95 bits per heavy atom. The lowest BCUT2D eigenvalue weighted by atomic mass is 10.1. The Morgan fingerprint density at radius 2 is 1.57 bits per heavy atom. The molecule has 0 aromatic carbocycles. The Labute approximate surface area is 125 Å². The fraction of sp³-hybridized carbons (Fsp3) is 0.786. The summed E-state index contributed by atoms with van der Waals surface area (Å²) >= 11 is 0. The van der Waals surface area contributed by atoms with E-state index in [0.717, 1.165) is 25.7 Å². The van der Waals surface area contributed by atoms with Crippen LogP contribution in [0.3, 0.4) is 0 Å². The summed E-state index contributed by atoms with van der Waals surface area (Å²) in [4.78, 5) is 35.3. The number of urea groups is 1. The molecule has 0 heterocycles. The van der Waals surface area contributed by atoms with Gasteiger partial charge in [-0.2, -0.15) is 0 Å². The number of unbranched alkanes of at least 4 members (excludes halogenated alkanes) is 2. The summed E-state index contributed by atoms with van der Waals surface area (Å²) in [6.07, 6.45) is 3.18. The molecule has 0 radical (unpaired) electrons. The molecule has 7 nitrogen and oxygen atoms in total. The van der Waals surface area contributed by atoms with Gasteiger partial charge < -0.3 is 20.4 Å². The minimum Gasteiger partial charge on any atom is -0.481 e. The molecule has 0 spiro atoms. The molecule has 21 heavy (non-hydrogen) atoms. The number of carbonyl (C=O) groups is 3. The van der Waals surface area contributed by atoms with Crippen LogP contribution in [0.5, 0.6) is 0 Å². The molecule has 1 atom stereocenters. The molecule has 122 valence electrons. The zero-order chi connectivity index (χ0) is 16.3. The highest BCUT2D eigenvalue weighted by Gasteiger charge is 2.23. The topological polar surface area (TPSA) is 107 Å². The number of hydrogen-bond donors (Lipinski definition) is 3. The van der Waals surface area contributed by atoms with E-state index >= 15 is 0 Å². The Bertz CT molecular complexity index is 338. The summed E-state index contributed by atoms with van der Waals surface area (Å²) in [5.41, 5.74) is 0. The van der Waals surface area contributed by atoms with Gasteiger partial charge in [-0.25, -0.2) is 9.59 Å². The van der Waals surface area contributed by atoms with E-state index < -0.39 is 24.0 Å². The Kier molecular flexibility index (Phi) is 10.0. The Balaban J connectivity index is 4.56. The van der Waals surface area contributed by atoms with Gasteiger partial charge in [0.05, 0.1) is 0 Å². The molecule has 0 bridgehead atoms. The maximum atomic E-state index is 12.1. The second-order valence-corrected chi connectivity index (χ2v) is 4.97. The molecule has 0 saturated carbocycles. The van der Waals surface area contributed by atoms with Crippen LogP contribution in [-0.2, 0) is 9.59 Å². The van der Waals surface area contributed by atoms with Crippen molar-refractivity contribution in [3.05, 3.63) is 0 Å². The first-order chi connectivity index (χ1) is 9.92. The number of amides is 2. The molecule has 0 aliphatic rings. The second kappa shape index (κ2) is 10.9. The first-order valence-electron chi connectivity index (χ1n) is 7.42. The zero-order valence-corrected chi connectivity index (χ0v) is 12.8. The molecule has 0 aliphatic heterocycles. The van der Waals surface area contributed by atoms with Crippen molar-refractivity contribution >= 4 is 18.0 Å². The highest BCUT2D eigenvalue weighted by Crippen LogP contribution is 2.03. The summed E-state index contributed by atoms with van der Waals surface area (Å²) in [6, 6.07) is -1.60. The van der Waals surface area contributed by atoms with E-state index in [9.17, 15) is 14.4 Å².